The van der Waals surface area contributed by atoms with Gasteiger partial charge in [0.25, 0.3) is 0 Å². The molecule has 0 radical (unpaired) electrons. The Hall–Kier alpha value is -1.75. The summed E-state index contributed by atoms with van der Waals surface area (Å²) in [6, 6.07) is 6.14. The molecule has 2 N–H and O–H groups in total. The third-order valence-corrected chi connectivity index (χ3v) is 3.17. The molecule has 1 aliphatic carbocycles. The molecule has 1 heterocycles. The van der Waals surface area contributed by atoms with Gasteiger partial charge in [-0.25, -0.2) is 4.39 Å². The minimum Gasteiger partial charge on any atom is -0.338 e. The predicted molar refractivity (Wildman–Crippen MR) is 63.2 cm³/mol. The monoisotopic (exact) mass is 247 g/mol. The van der Waals surface area contributed by atoms with Gasteiger partial charge in [-0.3, -0.25) is 0 Å². The summed E-state index contributed by atoms with van der Waals surface area (Å²) in [4.78, 5) is 4.29. The van der Waals surface area contributed by atoms with E-state index in [0.717, 1.165) is 18.4 Å². The predicted octanol–water partition coefficient (Wildman–Crippen LogP) is 2.21. The number of rotatable bonds is 4. The molecular weight excluding hydrogens is 233 g/mol. The molecule has 3 rings (SSSR count). The van der Waals surface area contributed by atoms with E-state index in [1.807, 2.05) is 0 Å². The summed E-state index contributed by atoms with van der Waals surface area (Å²) in [6.45, 7) is 0. The molecule has 1 aromatic heterocycles. The Balaban J connectivity index is 1.71. The number of hydrogen-bond acceptors (Lipinski definition) is 4. The van der Waals surface area contributed by atoms with Crippen molar-refractivity contribution < 1.29 is 8.91 Å². The molecule has 2 aromatic rings. The lowest BCUT2D eigenvalue weighted by Gasteiger charge is -2.01. The number of hydrogen-bond donors (Lipinski definition) is 1. The van der Waals surface area contributed by atoms with Gasteiger partial charge >= 0.3 is 0 Å². The van der Waals surface area contributed by atoms with Crippen LogP contribution in [0.1, 0.15) is 36.2 Å². The lowest BCUT2D eigenvalue weighted by molar-refractivity contribution is 0.340. The van der Waals surface area contributed by atoms with E-state index in [4.69, 9.17) is 10.3 Å². The first kappa shape index (κ1) is 11.3. The van der Waals surface area contributed by atoms with Gasteiger partial charge in [-0.2, -0.15) is 4.98 Å². The lowest BCUT2D eigenvalue weighted by Crippen LogP contribution is -2.12. The van der Waals surface area contributed by atoms with Crippen LogP contribution < -0.4 is 5.73 Å². The zero-order valence-corrected chi connectivity index (χ0v) is 9.84. The lowest BCUT2D eigenvalue weighted by atomic mass is 10.1. The molecule has 1 aliphatic rings. The van der Waals surface area contributed by atoms with Crippen LogP contribution in [0.2, 0.25) is 0 Å². The fourth-order valence-corrected chi connectivity index (χ4v) is 1.92. The van der Waals surface area contributed by atoms with Gasteiger partial charge < -0.3 is 10.3 Å². The minimum atomic E-state index is -0.247. The Morgan fingerprint density at radius 2 is 2.06 bits per heavy atom. The van der Waals surface area contributed by atoms with Crippen molar-refractivity contribution in [2.75, 3.05) is 0 Å². The Morgan fingerprint density at radius 1 is 1.33 bits per heavy atom. The molecule has 1 saturated carbocycles. The molecule has 5 heteroatoms. The molecular formula is C13H14FN3O. The number of halogens is 1. The standard InChI is InChI=1S/C13H14FN3O/c14-10-5-1-8(2-6-10)7-11-16-13(18-17-11)12(15)9-3-4-9/h1-2,5-6,9,12H,3-4,7,15H2. The Bertz CT molecular complexity index is 533. The van der Waals surface area contributed by atoms with E-state index in [2.05, 4.69) is 10.1 Å². The number of benzene rings is 1. The first-order valence-corrected chi connectivity index (χ1v) is 6.05. The molecule has 0 aliphatic heterocycles. The van der Waals surface area contributed by atoms with E-state index in [0.29, 0.717) is 24.1 Å². The Kier molecular flexibility index (Phi) is 2.83. The van der Waals surface area contributed by atoms with Gasteiger partial charge in [-0.1, -0.05) is 17.3 Å². The van der Waals surface area contributed by atoms with Gasteiger partial charge in [0, 0.05) is 6.42 Å². The van der Waals surface area contributed by atoms with Gasteiger partial charge in [0.2, 0.25) is 5.89 Å². The second-order valence-corrected chi connectivity index (χ2v) is 4.72. The van der Waals surface area contributed by atoms with E-state index in [9.17, 15) is 4.39 Å². The van der Waals surface area contributed by atoms with E-state index < -0.39 is 0 Å². The number of nitrogens with two attached hydrogens (primary N) is 1. The molecule has 1 unspecified atom stereocenters. The molecule has 1 fully saturated rings. The quantitative estimate of drug-likeness (QED) is 0.899. The average molecular weight is 247 g/mol. The van der Waals surface area contributed by atoms with Crippen LogP contribution in [0.4, 0.5) is 4.39 Å². The second kappa shape index (κ2) is 4.49. The van der Waals surface area contributed by atoms with Gasteiger partial charge in [-0.15, -0.1) is 0 Å². The third-order valence-electron chi connectivity index (χ3n) is 3.17. The van der Waals surface area contributed by atoms with Crippen molar-refractivity contribution in [1.82, 2.24) is 10.1 Å². The summed E-state index contributed by atoms with van der Waals surface area (Å²) in [5.41, 5.74) is 6.93. The van der Waals surface area contributed by atoms with Crippen LogP contribution >= 0.6 is 0 Å². The fourth-order valence-electron chi connectivity index (χ4n) is 1.92. The molecule has 18 heavy (non-hydrogen) atoms. The number of aromatic nitrogens is 2. The highest BCUT2D eigenvalue weighted by Gasteiger charge is 2.33. The van der Waals surface area contributed by atoms with E-state index >= 15 is 0 Å². The van der Waals surface area contributed by atoms with Crippen LogP contribution in [0, 0.1) is 11.7 Å². The Labute approximate surface area is 104 Å². The molecule has 0 spiro atoms. The van der Waals surface area contributed by atoms with Crippen molar-refractivity contribution in [3.05, 3.63) is 47.4 Å². The van der Waals surface area contributed by atoms with Gasteiger partial charge in [-0.05, 0) is 36.5 Å². The summed E-state index contributed by atoms with van der Waals surface area (Å²) in [7, 11) is 0. The normalized spacial score (nSPS) is 16.8. The molecule has 4 nitrogen and oxygen atoms in total. The third kappa shape index (κ3) is 2.41. The maximum Gasteiger partial charge on any atom is 0.243 e. The van der Waals surface area contributed by atoms with Gasteiger partial charge in [0.1, 0.15) is 5.82 Å². The van der Waals surface area contributed by atoms with Crippen molar-refractivity contribution in [2.24, 2.45) is 11.7 Å². The zero-order valence-electron chi connectivity index (χ0n) is 9.84. The highest BCUT2D eigenvalue weighted by Crippen LogP contribution is 2.38. The van der Waals surface area contributed by atoms with E-state index in [1.54, 1.807) is 12.1 Å². The van der Waals surface area contributed by atoms with Crippen molar-refractivity contribution >= 4 is 0 Å². The average Bonchev–Trinajstić information content (AvgIpc) is 3.12. The molecule has 1 atom stereocenters. The van der Waals surface area contributed by atoms with Crippen molar-refractivity contribution in [2.45, 2.75) is 25.3 Å². The van der Waals surface area contributed by atoms with Crippen molar-refractivity contribution in [1.29, 1.82) is 0 Å². The van der Waals surface area contributed by atoms with Crippen LogP contribution in [-0.4, -0.2) is 10.1 Å². The smallest absolute Gasteiger partial charge is 0.243 e. The summed E-state index contributed by atoms with van der Waals surface area (Å²) in [5.74, 6) is 1.34. The largest absolute Gasteiger partial charge is 0.338 e. The zero-order chi connectivity index (χ0) is 12.5. The summed E-state index contributed by atoms with van der Waals surface area (Å²) in [5, 5.41) is 3.91. The highest BCUT2D eigenvalue weighted by molar-refractivity contribution is 5.19. The summed E-state index contributed by atoms with van der Waals surface area (Å²) >= 11 is 0. The summed E-state index contributed by atoms with van der Waals surface area (Å²) < 4.78 is 17.9. The number of nitrogens with zero attached hydrogens (tertiary/aromatic N) is 2. The molecule has 0 bridgehead atoms. The van der Waals surface area contributed by atoms with Crippen molar-refractivity contribution in [3.63, 3.8) is 0 Å². The minimum absolute atomic E-state index is 0.139. The first-order chi connectivity index (χ1) is 8.72. The van der Waals surface area contributed by atoms with Gasteiger partial charge in [0.15, 0.2) is 5.82 Å². The summed E-state index contributed by atoms with van der Waals surface area (Å²) in [6.07, 6.45) is 2.80. The second-order valence-electron chi connectivity index (χ2n) is 4.72. The molecule has 0 saturated heterocycles. The van der Waals surface area contributed by atoms with Crippen LogP contribution in [0.3, 0.4) is 0 Å². The van der Waals surface area contributed by atoms with Crippen LogP contribution in [0.25, 0.3) is 0 Å². The molecule has 94 valence electrons. The van der Waals surface area contributed by atoms with E-state index in [-0.39, 0.29) is 11.9 Å². The molecule has 1 aromatic carbocycles. The van der Waals surface area contributed by atoms with Gasteiger partial charge in [0.05, 0.1) is 6.04 Å². The van der Waals surface area contributed by atoms with Crippen LogP contribution in [0.5, 0.6) is 0 Å². The maximum atomic E-state index is 12.8. The van der Waals surface area contributed by atoms with E-state index in [1.165, 1.54) is 12.1 Å². The van der Waals surface area contributed by atoms with Crippen LogP contribution in [0.15, 0.2) is 28.8 Å². The molecule has 0 amide bonds. The fraction of sp³-hybridized carbons (Fsp3) is 0.385. The van der Waals surface area contributed by atoms with Crippen molar-refractivity contribution in [3.8, 4) is 0 Å². The van der Waals surface area contributed by atoms with Crippen LogP contribution in [-0.2, 0) is 6.42 Å². The maximum absolute atomic E-state index is 12.8. The first-order valence-electron chi connectivity index (χ1n) is 6.05. The SMILES string of the molecule is NC(c1nc(Cc2ccc(F)cc2)no1)C1CC1. The highest BCUT2D eigenvalue weighted by atomic mass is 19.1. The Morgan fingerprint density at radius 3 is 2.72 bits per heavy atom. The topological polar surface area (TPSA) is 64.9 Å².